The van der Waals surface area contributed by atoms with E-state index < -0.39 is 0 Å². The SMILES string of the molecule is C=C(Cc1ccc(C)cc1)C1CCC(C(=C)Cc2ccc(C)cc2)CC1. The number of hydrogen-bond donors (Lipinski definition) is 0. The zero-order valence-corrected chi connectivity index (χ0v) is 16.4. The van der Waals surface area contributed by atoms with Crippen LogP contribution >= 0.6 is 0 Å². The van der Waals surface area contributed by atoms with E-state index in [-0.39, 0.29) is 0 Å². The third-order valence-electron chi connectivity index (χ3n) is 5.99. The van der Waals surface area contributed by atoms with Crippen LogP contribution in [0.25, 0.3) is 0 Å². The average molecular weight is 345 g/mol. The molecule has 0 aromatic heterocycles. The van der Waals surface area contributed by atoms with E-state index in [0.29, 0.717) is 11.8 Å². The molecule has 0 atom stereocenters. The first kappa shape index (κ1) is 18.7. The summed E-state index contributed by atoms with van der Waals surface area (Å²) in [5, 5.41) is 0. The first-order valence-corrected chi connectivity index (χ1v) is 9.97. The summed E-state index contributed by atoms with van der Waals surface area (Å²) in [4.78, 5) is 0. The van der Waals surface area contributed by atoms with Crippen LogP contribution in [-0.4, -0.2) is 0 Å². The Morgan fingerprint density at radius 3 is 1.27 bits per heavy atom. The Bertz CT molecular complexity index is 670. The number of hydrogen-bond acceptors (Lipinski definition) is 0. The van der Waals surface area contributed by atoms with Crippen molar-refractivity contribution in [2.75, 3.05) is 0 Å². The van der Waals surface area contributed by atoms with Crippen LogP contribution in [0.4, 0.5) is 0 Å². The molecule has 26 heavy (non-hydrogen) atoms. The molecule has 0 heterocycles. The van der Waals surface area contributed by atoms with Crippen molar-refractivity contribution in [3.8, 4) is 0 Å². The lowest BCUT2D eigenvalue weighted by Gasteiger charge is -2.31. The zero-order valence-electron chi connectivity index (χ0n) is 16.4. The number of aryl methyl sites for hydroxylation is 2. The van der Waals surface area contributed by atoms with Gasteiger partial charge in [0.25, 0.3) is 0 Å². The van der Waals surface area contributed by atoms with Crippen LogP contribution in [0.3, 0.4) is 0 Å². The minimum Gasteiger partial charge on any atom is -0.0992 e. The Morgan fingerprint density at radius 2 is 0.962 bits per heavy atom. The molecule has 1 fully saturated rings. The summed E-state index contributed by atoms with van der Waals surface area (Å²) in [5.74, 6) is 1.36. The highest BCUT2D eigenvalue weighted by atomic mass is 14.3. The molecule has 0 nitrogen and oxygen atoms in total. The van der Waals surface area contributed by atoms with E-state index in [1.54, 1.807) is 0 Å². The molecule has 0 N–H and O–H groups in total. The molecule has 0 radical (unpaired) electrons. The molecule has 2 aromatic rings. The minimum absolute atomic E-state index is 0.680. The summed E-state index contributed by atoms with van der Waals surface area (Å²) >= 11 is 0. The number of benzene rings is 2. The lowest BCUT2D eigenvalue weighted by Crippen LogP contribution is -2.18. The molecule has 0 heteroatoms. The molecule has 0 spiro atoms. The van der Waals surface area contributed by atoms with Gasteiger partial charge >= 0.3 is 0 Å². The van der Waals surface area contributed by atoms with Gasteiger partial charge in [-0.25, -0.2) is 0 Å². The third-order valence-corrected chi connectivity index (χ3v) is 5.99. The van der Waals surface area contributed by atoms with Crippen molar-refractivity contribution >= 4 is 0 Å². The van der Waals surface area contributed by atoms with Gasteiger partial charge in [-0.2, -0.15) is 0 Å². The van der Waals surface area contributed by atoms with E-state index in [9.17, 15) is 0 Å². The Labute approximate surface area is 159 Å². The van der Waals surface area contributed by atoms with E-state index in [1.807, 2.05) is 0 Å². The second kappa shape index (κ2) is 8.54. The van der Waals surface area contributed by atoms with E-state index in [0.717, 1.165) is 12.8 Å². The molecular formula is C26H32. The summed E-state index contributed by atoms with van der Waals surface area (Å²) in [6, 6.07) is 17.8. The van der Waals surface area contributed by atoms with Crippen molar-refractivity contribution in [2.24, 2.45) is 11.8 Å². The Hall–Kier alpha value is -2.08. The largest absolute Gasteiger partial charge is 0.0992 e. The van der Waals surface area contributed by atoms with Gasteiger partial charge in [0, 0.05) is 0 Å². The molecule has 1 aliphatic rings. The lowest BCUT2D eigenvalue weighted by atomic mass is 9.74. The number of rotatable bonds is 6. The van der Waals surface area contributed by atoms with Crippen LogP contribution in [-0.2, 0) is 12.8 Å². The maximum atomic E-state index is 4.42. The zero-order chi connectivity index (χ0) is 18.5. The van der Waals surface area contributed by atoms with E-state index in [2.05, 4.69) is 75.5 Å². The minimum atomic E-state index is 0.680. The van der Waals surface area contributed by atoms with E-state index >= 15 is 0 Å². The molecule has 0 aliphatic heterocycles. The summed E-state index contributed by atoms with van der Waals surface area (Å²) in [5.41, 5.74) is 8.27. The second-order valence-electron chi connectivity index (χ2n) is 8.19. The van der Waals surface area contributed by atoms with Gasteiger partial charge in [-0.15, -0.1) is 0 Å². The molecule has 0 bridgehead atoms. The van der Waals surface area contributed by atoms with Gasteiger partial charge in [0.15, 0.2) is 0 Å². The van der Waals surface area contributed by atoms with Crippen molar-refractivity contribution in [3.05, 3.63) is 95.1 Å². The van der Waals surface area contributed by atoms with E-state index in [1.165, 1.54) is 59.1 Å². The predicted molar refractivity (Wildman–Crippen MR) is 113 cm³/mol. The van der Waals surface area contributed by atoms with Crippen molar-refractivity contribution in [1.29, 1.82) is 0 Å². The quantitative estimate of drug-likeness (QED) is 0.494. The molecule has 2 aromatic carbocycles. The third kappa shape index (κ3) is 4.97. The smallest absolute Gasteiger partial charge is 0.00670 e. The van der Waals surface area contributed by atoms with Gasteiger partial charge in [0.2, 0.25) is 0 Å². The highest BCUT2D eigenvalue weighted by molar-refractivity contribution is 5.27. The Kier molecular flexibility index (Phi) is 6.14. The highest BCUT2D eigenvalue weighted by Gasteiger charge is 2.24. The van der Waals surface area contributed by atoms with Crippen LogP contribution in [0, 0.1) is 25.7 Å². The topological polar surface area (TPSA) is 0 Å². The predicted octanol–water partition coefficient (Wildman–Crippen LogP) is 7.01. The van der Waals surface area contributed by atoms with Crippen molar-refractivity contribution in [2.45, 2.75) is 52.4 Å². The molecule has 0 saturated heterocycles. The van der Waals surface area contributed by atoms with Gasteiger partial charge in [0.1, 0.15) is 0 Å². The maximum absolute atomic E-state index is 4.42. The van der Waals surface area contributed by atoms with Gasteiger partial charge in [-0.1, -0.05) is 84.0 Å². The fourth-order valence-electron chi connectivity index (χ4n) is 4.13. The lowest BCUT2D eigenvalue weighted by molar-refractivity contribution is 0.328. The summed E-state index contributed by atoms with van der Waals surface area (Å²) in [7, 11) is 0. The van der Waals surface area contributed by atoms with Gasteiger partial charge in [-0.05, 0) is 75.3 Å². The fourth-order valence-corrected chi connectivity index (χ4v) is 4.13. The first-order chi connectivity index (χ1) is 12.5. The summed E-state index contributed by atoms with van der Waals surface area (Å²) in [6.45, 7) is 13.1. The fraction of sp³-hybridized carbons (Fsp3) is 0.385. The van der Waals surface area contributed by atoms with Crippen LogP contribution in [0.5, 0.6) is 0 Å². The average Bonchev–Trinajstić information content (AvgIpc) is 2.65. The van der Waals surface area contributed by atoms with Crippen LogP contribution in [0.1, 0.15) is 47.9 Å². The molecule has 3 rings (SSSR count). The van der Waals surface area contributed by atoms with Crippen molar-refractivity contribution in [1.82, 2.24) is 0 Å². The molecular weight excluding hydrogens is 312 g/mol. The number of allylic oxidation sites excluding steroid dienone is 2. The first-order valence-electron chi connectivity index (χ1n) is 9.97. The van der Waals surface area contributed by atoms with Crippen LogP contribution in [0.15, 0.2) is 72.8 Å². The molecule has 0 unspecified atom stereocenters. The standard InChI is InChI=1S/C26H32/c1-19-5-9-23(10-6-19)17-21(3)25-13-15-26(16-14-25)22(4)18-24-11-7-20(2)8-12-24/h5-12,25-26H,3-4,13-18H2,1-2H3. The van der Waals surface area contributed by atoms with Gasteiger partial charge in [0.05, 0.1) is 0 Å². The van der Waals surface area contributed by atoms with Gasteiger partial charge in [-0.3, -0.25) is 0 Å². The monoisotopic (exact) mass is 344 g/mol. The Morgan fingerprint density at radius 1 is 0.654 bits per heavy atom. The van der Waals surface area contributed by atoms with Crippen molar-refractivity contribution in [3.63, 3.8) is 0 Å². The molecule has 0 amide bonds. The van der Waals surface area contributed by atoms with E-state index in [4.69, 9.17) is 0 Å². The summed E-state index contributed by atoms with van der Waals surface area (Å²) < 4.78 is 0. The van der Waals surface area contributed by atoms with Crippen LogP contribution in [0.2, 0.25) is 0 Å². The highest BCUT2D eigenvalue weighted by Crippen LogP contribution is 2.37. The molecule has 136 valence electrons. The van der Waals surface area contributed by atoms with Gasteiger partial charge < -0.3 is 0 Å². The molecule has 1 saturated carbocycles. The van der Waals surface area contributed by atoms with Crippen molar-refractivity contribution < 1.29 is 0 Å². The maximum Gasteiger partial charge on any atom is -0.00670 e. The van der Waals surface area contributed by atoms with Crippen LogP contribution < -0.4 is 0 Å². The normalized spacial score (nSPS) is 19.9. The Balaban J connectivity index is 1.48. The summed E-state index contributed by atoms with van der Waals surface area (Å²) in [6.07, 6.45) is 7.12. The molecule has 1 aliphatic carbocycles. The second-order valence-corrected chi connectivity index (χ2v) is 8.19.